The number of aromatic amines is 1. The van der Waals surface area contributed by atoms with Gasteiger partial charge in [-0.25, -0.2) is 18.1 Å². The van der Waals surface area contributed by atoms with Crippen LogP contribution in [0, 0.1) is 0 Å². The number of hydrogen-bond donors (Lipinski definition) is 3. The zero-order chi connectivity index (χ0) is 12.6. The van der Waals surface area contributed by atoms with Gasteiger partial charge in [0.1, 0.15) is 0 Å². The molecule has 0 spiro atoms. The fraction of sp³-hybridized carbons (Fsp3) is 0.182. The molecular formula is C11H12N4O2S. The minimum Gasteiger partial charge on any atom is -0.384 e. The largest absolute Gasteiger partial charge is 0.384 e. The van der Waals surface area contributed by atoms with E-state index in [1.54, 1.807) is 18.3 Å². The summed E-state index contributed by atoms with van der Waals surface area (Å²) in [7, 11) is -3.59. The van der Waals surface area contributed by atoms with Crippen LogP contribution < -0.4 is 10.0 Å². The van der Waals surface area contributed by atoms with E-state index in [0.29, 0.717) is 0 Å². The zero-order valence-corrected chi connectivity index (χ0v) is 10.3. The molecule has 94 valence electrons. The van der Waals surface area contributed by atoms with Crippen molar-refractivity contribution in [2.75, 3.05) is 16.6 Å². The Balaban J connectivity index is 1.94. The molecule has 1 aliphatic rings. The molecule has 0 atom stereocenters. The molecule has 6 nitrogen and oxygen atoms in total. The molecule has 0 radical (unpaired) electrons. The first kappa shape index (κ1) is 11.1. The van der Waals surface area contributed by atoms with Crippen LogP contribution in [0.15, 0.2) is 35.5 Å². The third kappa shape index (κ3) is 1.92. The van der Waals surface area contributed by atoms with Crippen LogP contribution in [-0.4, -0.2) is 24.9 Å². The van der Waals surface area contributed by atoms with Crippen LogP contribution >= 0.6 is 0 Å². The highest BCUT2D eigenvalue weighted by Crippen LogP contribution is 2.25. The van der Waals surface area contributed by atoms with E-state index in [0.717, 1.165) is 24.2 Å². The van der Waals surface area contributed by atoms with E-state index in [4.69, 9.17) is 0 Å². The second-order valence-electron chi connectivity index (χ2n) is 4.04. The van der Waals surface area contributed by atoms with Gasteiger partial charge in [-0.15, -0.1) is 0 Å². The monoisotopic (exact) mass is 264 g/mol. The number of H-pyrrole nitrogens is 1. The van der Waals surface area contributed by atoms with E-state index in [2.05, 4.69) is 20.0 Å². The van der Waals surface area contributed by atoms with Crippen molar-refractivity contribution in [1.29, 1.82) is 0 Å². The van der Waals surface area contributed by atoms with Gasteiger partial charge in [-0.3, -0.25) is 0 Å². The molecule has 0 bridgehead atoms. The van der Waals surface area contributed by atoms with Gasteiger partial charge in [-0.05, 0) is 24.1 Å². The summed E-state index contributed by atoms with van der Waals surface area (Å²) in [5.74, 6) is 0.212. The van der Waals surface area contributed by atoms with E-state index in [1.807, 2.05) is 6.07 Å². The molecule has 0 amide bonds. The number of sulfonamides is 1. The Labute approximate surface area is 105 Å². The summed E-state index contributed by atoms with van der Waals surface area (Å²) in [6.45, 7) is 0.852. The van der Waals surface area contributed by atoms with E-state index in [9.17, 15) is 8.42 Å². The van der Waals surface area contributed by atoms with Gasteiger partial charge >= 0.3 is 0 Å². The summed E-state index contributed by atoms with van der Waals surface area (Å²) in [4.78, 5) is 6.77. The Morgan fingerprint density at radius 3 is 3.00 bits per heavy atom. The van der Waals surface area contributed by atoms with Gasteiger partial charge in [0.05, 0.1) is 4.90 Å². The van der Waals surface area contributed by atoms with Crippen molar-refractivity contribution < 1.29 is 8.42 Å². The number of rotatable bonds is 3. The molecule has 3 N–H and O–H groups in total. The Morgan fingerprint density at radius 2 is 2.22 bits per heavy atom. The van der Waals surface area contributed by atoms with Crippen LogP contribution in [0.4, 0.5) is 11.6 Å². The number of benzene rings is 1. The van der Waals surface area contributed by atoms with Gasteiger partial charge in [0, 0.05) is 24.6 Å². The Morgan fingerprint density at radius 1 is 1.33 bits per heavy atom. The number of nitrogens with zero attached hydrogens (tertiary/aromatic N) is 1. The standard InChI is InChI=1S/C11H12N4O2S/c16-18(17,15-11-13-5-6-14-11)9-2-1-8-3-4-12-10(8)7-9/h1-2,5-7,12H,3-4H2,(H2,13,14,15). The number of imidazole rings is 1. The highest BCUT2D eigenvalue weighted by molar-refractivity contribution is 7.92. The third-order valence-corrected chi connectivity index (χ3v) is 4.17. The normalized spacial score (nSPS) is 14.0. The van der Waals surface area contributed by atoms with Crippen molar-refractivity contribution in [3.8, 4) is 0 Å². The van der Waals surface area contributed by atoms with Crippen molar-refractivity contribution in [2.24, 2.45) is 0 Å². The molecule has 0 unspecified atom stereocenters. The number of aromatic nitrogens is 2. The molecule has 18 heavy (non-hydrogen) atoms. The van der Waals surface area contributed by atoms with E-state index in [1.165, 1.54) is 6.20 Å². The summed E-state index contributed by atoms with van der Waals surface area (Å²) in [5, 5.41) is 3.16. The van der Waals surface area contributed by atoms with Crippen molar-refractivity contribution in [2.45, 2.75) is 11.3 Å². The second-order valence-corrected chi connectivity index (χ2v) is 5.72. The quantitative estimate of drug-likeness (QED) is 0.777. The molecule has 2 heterocycles. The van der Waals surface area contributed by atoms with Crippen LogP contribution in [0.5, 0.6) is 0 Å². The summed E-state index contributed by atoms with van der Waals surface area (Å²) in [6.07, 6.45) is 3.98. The minimum atomic E-state index is -3.59. The van der Waals surface area contributed by atoms with Crippen LogP contribution in [0.25, 0.3) is 0 Å². The number of fused-ring (bicyclic) bond motifs is 1. The Hall–Kier alpha value is -2.02. The van der Waals surface area contributed by atoms with Crippen molar-refractivity contribution in [1.82, 2.24) is 9.97 Å². The number of anilines is 2. The van der Waals surface area contributed by atoms with E-state index >= 15 is 0 Å². The summed E-state index contributed by atoms with van der Waals surface area (Å²) < 4.78 is 26.6. The van der Waals surface area contributed by atoms with Crippen molar-refractivity contribution >= 4 is 21.7 Å². The summed E-state index contributed by atoms with van der Waals surface area (Å²) >= 11 is 0. The third-order valence-electron chi connectivity index (χ3n) is 2.83. The molecule has 1 aromatic carbocycles. The van der Waals surface area contributed by atoms with E-state index in [-0.39, 0.29) is 10.8 Å². The molecule has 0 saturated heterocycles. The molecule has 0 saturated carbocycles. The first-order valence-corrected chi connectivity index (χ1v) is 7.02. The molecule has 3 rings (SSSR count). The Kier molecular flexibility index (Phi) is 2.48. The lowest BCUT2D eigenvalue weighted by atomic mass is 10.2. The molecular weight excluding hydrogens is 252 g/mol. The fourth-order valence-corrected chi connectivity index (χ4v) is 2.95. The SMILES string of the molecule is O=S(=O)(Nc1ncc[nH]1)c1ccc2c(c1)NCC2. The van der Waals surface area contributed by atoms with Gasteiger partial charge in [0.2, 0.25) is 5.95 Å². The second kappa shape index (κ2) is 4.02. The van der Waals surface area contributed by atoms with Gasteiger partial charge in [0.15, 0.2) is 0 Å². The zero-order valence-electron chi connectivity index (χ0n) is 9.47. The van der Waals surface area contributed by atoms with Crippen molar-refractivity contribution in [3.63, 3.8) is 0 Å². The lowest BCUT2D eigenvalue weighted by Gasteiger charge is -2.07. The maximum Gasteiger partial charge on any atom is 0.264 e. The fourth-order valence-electron chi connectivity index (χ4n) is 1.94. The van der Waals surface area contributed by atoms with Gasteiger partial charge in [-0.1, -0.05) is 6.07 Å². The smallest absolute Gasteiger partial charge is 0.264 e. The first-order chi connectivity index (χ1) is 8.65. The maximum absolute atomic E-state index is 12.1. The molecule has 2 aromatic rings. The average molecular weight is 264 g/mol. The molecule has 0 aliphatic carbocycles. The average Bonchev–Trinajstić information content (AvgIpc) is 2.97. The van der Waals surface area contributed by atoms with Crippen LogP contribution in [-0.2, 0) is 16.4 Å². The van der Waals surface area contributed by atoms with Crippen molar-refractivity contribution in [3.05, 3.63) is 36.2 Å². The predicted octanol–water partition coefficient (Wildman–Crippen LogP) is 1.18. The molecule has 0 fully saturated rings. The molecule has 1 aromatic heterocycles. The van der Waals surface area contributed by atoms with Crippen LogP contribution in [0.1, 0.15) is 5.56 Å². The lowest BCUT2D eigenvalue weighted by molar-refractivity contribution is 0.601. The number of nitrogens with one attached hydrogen (secondary N) is 3. The van der Waals surface area contributed by atoms with Gasteiger partial charge in [-0.2, -0.15) is 0 Å². The number of hydrogen-bond acceptors (Lipinski definition) is 4. The summed E-state index contributed by atoms with van der Waals surface area (Å²) in [6, 6.07) is 5.09. The topological polar surface area (TPSA) is 86.9 Å². The minimum absolute atomic E-state index is 0.212. The Bertz CT molecular complexity index is 664. The highest BCUT2D eigenvalue weighted by Gasteiger charge is 2.18. The van der Waals surface area contributed by atoms with E-state index < -0.39 is 10.0 Å². The summed E-state index contributed by atoms with van der Waals surface area (Å²) in [5.41, 5.74) is 2.03. The van der Waals surface area contributed by atoms with Crippen LogP contribution in [0.2, 0.25) is 0 Å². The van der Waals surface area contributed by atoms with Gasteiger partial charge in [0.25, 0.3) is 10.0 Å². The first-order valence-electron chi connectivity index (χ1n) is 5.54. The lowest BCUT2D eigenvalue weighted by Crippen LogP contribution is -2.14. The molecule has 7 heteroatoms. The van der Waals surface area contributed by atoms with Gasteiger partial charge < -0.3 is 10.3 Å². The predicted molar refractivity (Wildman–Crippen MR) is 68.0 cm³/mol. The maximum atomic E-state index is 12.1. The highest BCUT2D eigenvalue weighted by atomic mass is 32.2. The molecule has 1 aliphatic heterocycles. The van der Waals surface area contributed by atoms with Crippen LogP contribution in [0.3, 0.4) is 0 Å².